The van der Waals surface area contributed by atoms with E-state index in [9.17, 15) is 13.6 Å². The number of carbonyl (C=O) groups is 1. The van der Waals surface area contributed by atoms with Crippen molar-refractivity contribution in [3.63, 3.8) is 0 Å². The Bertz CT molecular complexity index is 1560. The van der Waals surface area contributed by atoms with E-state index in [1.165, 1.54) is 24.3 Å². The molecule has 8 heteroatoms. The van der Waals surface area contributed by atoms with Crippen LogP contribution in [0.5, 0.6) is 0 Å². The molecule has 1 unspecified atom stereocenters. The van der Waals surface area contributed by atoms with Crippen LogP contribution >= 0.6 is 11.8 Å². The third kappa shape index (κ3) is 8.33. The number of halogens is 2. The number of anilines is 1. The molecule has 4 aromatic carbocycles. The first-order chi connectivity index (χ1) is 21.4. The molecule has 0 saturated heterocycles. The van der Waals surface area contributed by atoms with E-state index < -0.39 is 0 Å². The van der Waals surface area contributed by atoms with Crippen LogP contribution in [0, 0.1) is 11.6 Å². The summed E-state index contributed by atoms with van der Waals surface area (Å²) in [5.41, 5.74) is 5.54. The van der Waals surface area contributed by atoms with Gasteiger partial charge in [0.15, 0.2) is 5.17 Å². The van der Waals surface area contributed by atoms with E-state index in [2.05, 4.69) is 29.2 Å². The molecule has 0 spiro atoms. The molecule has 1 N–H and O–H groups in total. The number of nitrogens with zero attached hydrogens (tertiary/aromatic N) is 3. The summed E-state index contributed by atoms with van der Waals surface area (Å²) in [4.78, 5) is 22.9. The van der Waals surface area contributed by atoms with Crippen molar-refractivity contribution >= 4 is 34.2 Å². The van der Waals surface area contributed by atoms with Crippen LogP contribution < -0.4 is 10.2 Å². The molecule has 0 aliphatic carbocycles. The molecule has 1 aliphatic rings. The van der Waals surface area contributed by atoms with Gasteiger partial charge in [-0.1, -0.05) is 72.8 Å². The molecule has 0 radical (unpaired) electrons. The minimum atomic E-state index is -0.304. The molecule has 0 fully saturated rings. The SMILES string of the molecule is CN(C)CCCCCSC1=Nc2ccccc2C(CC(=O)NCc2ccc(F)cc2)N1c1ccc(-c2ccc(F)cc2)cc1. The zero-order valence-corrected chi connectivity index (χ0v) is 26.0. The van der Waals surface area contributed by atoms with Crippen molar-refractivity contribution in [3.8, 4) is 11.1 Å². The predicted octanol–water partition coefficient (Wildman–Crippen LogP) is 8.35. The number of fused-ring (bicyclic) bond motifs is 1. The van der Waals surface area contributed by atoms with Crippen LogP contribution in [0.25, 0.3) is 11.1 Å². The Morgan fingerprint density at radius 1 is 0.841 bits per heavy atom. The van der Waals surface area contributed by atoms with Gasteiger partial charge in [-0.2, -0.15) is 0 Å². The largest absolute Gasteiger partial charge is 0.352 e. The van der Waals surface area contributed by atoms with Crippen LogP contribution in [-0.2, 0) is 11.3 Å². The van der Waals surface area contributed by atoms with Crippen molar-refractivity contribution in [2.75, 3.05) is 31.3 Å². The van der Waals surface area contributed by atoms with Crippen LogP contribution in [0.2, 0.25) is 0 Å². The van der Waals surface area contributed by atoms with Gasteiger partial charge < -0.3 is 15.1 Å². The lowest BCUT2D eigenvalue weighted by Crippen LogP contribution is -2.39. The quantitative estimate of drug-likeness (QED) is 0.163. The summed E-state index contributed by atoms with van der Waals surface area (Å²) >= 11 is 1.72. The zero-order valence-electron chi connectivity index (χ0n) is 25.2. The Morgan fingerprint density at radius 2 is 1.48 bits per heavy atom. The molecular formula is C36H38F2N4OS. The van der Waals surface area contributed by atoms with Crippen LogP contribution in [0.3, 0.4) is 0 Å². The maximum atomic E-state index is 13.5. The van der Waals surface area contributed by atoms with Crippen LogP contribution in [-0.4, -0.2) is 42.4 Å². The molecule has 1 heterocycles. The van der Waals surface area contributed by atoms with Crippen LogP contribution in [0.1, 0.15) is 42.9 Å². The van der Waals surface area contributed by atoms with Crippen molar-refractivity contribution in [1.29, 1.82) is 0 Å². The second-order valence-electron chi connectivity index (χ2n) is 11.2. The first kappa shape index (κ1) is 31.4. The lowest BCUT2D eigenvalue weighted by molar-refractivity contribution is -0.121. The topological polar surface area (TPSA) is 47.9 Å². The first-order valence-corrected chi connectivity index (χ1v) is 16.0. The standard InChI is InChI=1S/C36H38F2N4OS/c1-41(2)22-6-3-7-23-44-36-40-33-9-5-4-8-32(33)34(24-35(43)39-25-26-10-16-29(37)17-11-26)42(36)31-20-14-28(15-21-31)27-12-18-30(38)19-13-27/h4-5,8-21,34H,3,6-7,22-25H2,1-2H3,(H,39,43). The van der Waals surface area contributed by atoms with Gasteiger partial charge in [0.2, 0.25) is 5.91 Å². The number of rotatable bonds is 12. The van der Waals surface area contributed by atoms with Gasteiger partial charge in [-0.25, -0.2) is 13.8 Å². The number of nitrogens with one attached hydrogen (secondary N) is 1. The van der Waals surface area contributed by atoms with Gasteiger partial charge in [-0.3, -0.25) is 4.79 Å². The van der Waals surface area contributed by atoms with Crippen molar-refractivity contribution in [2.45, 2.75) is 38.3 Å². The second kappa shape index (κ2) is 15.1. The molecule has 0 bridgehead atoms. The van der Waals surface area contributed by atoms with Gasteiger partial charge in [0, 0.05) is 23.5 Å². The molecule has 0 aromatic heterocycles. The summed E-state index contributed by atoms with van der Waals surface area (Å²) in [5.74, 6) is 0.249. The molecule has 5 nitrogen and oxygen atoms in total. The molecule has 0 saturated carbocycles. The third-order valence-corrected chi connectivity index (χ3v) is 8.65. The Kier molecular flexibility index (Phi) is 10.8. The average Bonchev–Trinajstić information content (AvgIpc) is 3.03. The maximum absolute atomic E-state index is 13.5. The Hall–Kier alpha value is -4.01. The summed E-state index contributed by atoms with van der Waals surface area (Å²) in [7, 11) is 4.19. The normalized spacial score (nSPS) is 14.3. The van der Waals surface area contributed by atoms with Crippen molar-refractivity contribution in [3.05, 3.63) is 120 Å². The number of para-hydroxylation sites is 1. The lowest BCUT2D eigenvalue weighted by atomic mass is 9.97. The molecule has 1 atom stereocenters. The molecule has 5 rings (SSSR count). The number of hydrogen-bond donors (Lipinski definition) is 1. The Balaban J connectivity index is 1.40. The number of hydrogen-bond acceptors (Lipinski definition) is 5. The van der Waals surface area contributed by atoms with E-state index in [-0.39, 0.29) is 30.0 Å². The Morgan fingerprint density at radius 3 is 2.16 bits per heavy atom. The van der Waals surface area contributed by atoms with E-state index >= 15 is 0 Å². The highest BCUT2D eigenvalue weighted by atomic mass is 32.2. The van der Waals surface area contributed by atoms with Crippen molar-refractivity contribution < 1.29 is 13.6 Å². The highest BCUT2D eigenvalue weighted by Gasteiger charge is 2.33. The van der Waals surface area contributed by atoms with Crippen molar-refractivity contribution in [2.24, 2.45) is 4.99 Å². The van der Waals surface area contributed by atoms with Gasteiger partial charge in [0.05, 0.1) is 18.2 Å². The van der Waals surface area contributed by atoms with Crippen molar-refractivity contribution in [1.82, 2.24) is 10.2 Å². The third-order valence-electron chi connectivity index (χ3n) is 7.62. The summed E-state index contributed by atoms with van der Waals surface area (Å²) in [5, 5.41) is 3.89. The smallest absolute Gasteiger partial charge is 0.222 e. The van der Waals surface area contributed by atoms with Gasteiger partial charge >= 0.3 is 0 Å². The van der Waals surface area contributed by atoms with Gasteiger partial charge in [0.1, 0.15) is 11.6 Å². The van der Waals surface area contributed by atoms with E-state index in [0.29, 0.717) is 6.54 Å². The molecule has 44 heavy (non-hydrogen) atoms. The summed E-state index contributed by atoms with van der Waals surface area (Å²) < 4.78 is 26.9. The lowest BCUT2D eigenvalue weighted by Gasteiger charge is -2.38. The van der Waals surface area contributed by atoms with Gasteiger partial charge in [-0.05, 0) is 92.6 Å². The Labute approximate surface area is 263 Å². The first-order valence-electron chi connectivity index (χ1n) is 15.0. The fourth-order valence-corrected chi connectivity index (χ4v) is 6.34. The number of carbonyl (C=O) groups excluding carboxylic acids is 1. The minimum absolute atomic E-state index is 0.100. The summed E-state index contributed by atoms with van der Waals surface area (Å²) in [6.45, 7) is 1.39. The summed E-state index contributed by atoms with van der Waals surface area (Å²) in [6.07, 6.45) is 3.57. The number of benzene rings is 4. The minimum Gasteiger partial charge on any atom is -0.352 e. The van der Waals surface area contributed by atoms with E-state index in [4.69, 9.17) is 4.99 Å². The molecule has 228 valence electrons. The number of amidine groups is 1. The molecular weight excluding hydrogens is 574 g/mol. The second-order valence-corrected chi connectivity index (χ2v) is 12.3. The predicted molar refractivity (Wildman–Crippen MR) is 178 cm³/mol. The zero-order chi connectivity index (χ0) is 30.9. The fourth-order valence-electron chi connectivity index (χ4n) is 5.27. The van der Waals surface area contributed by atoms with Crippen LogP contribution in [0.15, 0.2) is 102 Å². The molecule has 1 aliphatic heterocycles. The van der Waals surface area contributed by atoms with E-state index in [1.54, 1.807) is 36.0 Å². The number of aliphatic imine (C=N–C) groups is 1. The highest BCUT2D eigenvalue weighted by molar-refractivity contribution is 8.14. The molecule has 4 aromatic rings. The van der Waals surface area contributed by atoms with E-state index in [1.807, 2.05) is 48.5 Å². The highest BCUT2D eigenvalue weighted by Crippen LogP contribution is 2.42. The number of amides is 1. The van der Waals surface area contributed by atoms with Crippen LogP contribution in [0.4, 0.5) is 20.2 Å². The van der Waals surface area contributed by atoms with Gasteiger partial charge in [-0.15, -0.1) is 0 Å². The number of thioether (sulfide) groups is 1. The van der Waals surface area contributed by atoms with E-state index in [0.717, 1.165) is 70.4 Å². The fraction of sp³-hybridized carbons (Fsp3) is 0.278. The van der Waals surface area contributed by atoms with Gasteiger partial charge in [0.25, 0.3) is 0 Å². The maximum Gasteiger partial charge on any atom is 0.222 e. The average molecular weight is 613 g/mol. The number of unbranched alkanes of at least 4 members (excludes halogenated alkanes) is 2. The monoisotopic (exact) mass is 612 g/mol. The summed E-state index contributed by atoms with van der Waals surface area (Å²) in [6, 6.07) is 28.5. The molecule has 1 amide bonds.